The van der Waals surface area contributed by atoms with Gasteiger partial charge in [0, 0.05) is 11.4 Å². The van der Waals surface area contributed by atoms with Crippen LogP contribution in [0.1, 0.15) is 32.1 Å². The van der Waals surface area contributed by atoms with Crippen LogP contribution in [0.2, 0.25) is 0 Å². The van der Waals surface area contributed by atoms with Gasteiger partial charge < -0.3 is 5.73 Å². The van der Waals surface area contributed by atoms with E-state index in [4.69, 9.17) is 5.73 Å². The van der Waals surface area contributed by atoms with Gasteiger partial charge in [0.1, 0.15) is 0 Å². The molecule has 0 radical (unpaired) electrons. The zero-order valence-corrected chi connectivity index (χ0v) is 10.9. The number of nitrogens with two attached hydrogens (primary N) is 1. The lowest BCUT2D eigenvalue weighted by atomic mass is 9.99. The summed E-state index contributed by atoms with van der Waals surface area (Å²) in [4.78, 5) is 2.46. The van der Waals surface area contributed by atoms with E-state index in [-0.39, 0.29) is 4.90 Å². The van der Waals surface area contributed by atoms with Crippen LogP contribution in [0.3, 0.4) is 0 Å². The van der Waals surface area contributed by atoms with E-state index >= 15 is 0 Å². The molecule has 5 nitrogen and oxygen atoms in total. The summed E-state index contributed by atoms with van der Waals surface area (Å²) in [6.45, 7) is 0. The molecule has 0 atom stereocenters. The summed E-state index contributed by atoms with van der Waals surface area (Å²) in [5, 5.41) is 4.00. The normalized spacial score (nSPS) is 16.3. The summed E-state index contributed by atoms with van der Waals surface area (Å²) in [5.41, 5.74) is 6.98. The van der Waals surface area contributed by atoms with E-state index in [1.807, 2.05) is 0 Å². The van der Waals surface area contributed by atoms with Crippen LogP contribution in [0.25, 0.3) is 0 Å². The fourth-order valence-electron chi connectivity index (χ4n) is 1.90. The van der Waals surface area contributed by atoms with Crippen LogP contribution in [0.15, 0.2) is 34.3 Å². The Morgan fingerprint density at radius 1 is 1.06 bits per heavy atom. The van der Waals surface area contributed by atoms with Crippen molar-refractivity contribution < 1.29 is 8.42 Å². The number of hydrazone groups is 1. The molecule has 3 N–H and O–H groups in total. The maximum atomic E-state index is 11.9. The van der Waals surface area contributed by atoms with Crippen LogP contribution in [0.4, 0.5) is 5.69 Å². The summed E-state index contributed by atoms with van der Waals surface area (Å²) in [7, 11) is -3.57. The fraction of sp³-hybridized carbons (Fsp3) is 0.417. The quantitative estimate of drug-likeness (QED) is 0.647. The third-order valence-electron chi connectivity index (χ3n) is 2.95. The summed E-state index contributed by atoms with van der Waals surface area (Å²) in [5.74, 6) is 0. The minimum Gasteiger partial charge on any atom is -0.399 e. The summed E-state index contributed by atoms with van der Waals surface area (Å²) in [6, 6.07) is 6.06. The summed E-state index contributed by atoms with van der Waals surface area (Å²) in [6.07, 6.45) is 5.13. The van der Waals surface area contributed by atoms with Crippen molar-refractivity contribution in [2.24, 2.45) is 5.10 Å². The summed E-state index contributed by atoms with van der Waals surface area (Å²) < 4.78 is 23.9. The first-order chi connectivity index (χ1) is 8.58. The number of hydrogen-bond donors (Lipinski definition) is 2. The van der Waals surface area contributed by atoms with E-state index in [0.717, 1.165) is 31.4 Å². The van der Waals surface area contributed by atoms with Crippen molar-refractivity contribution >= 4 is 21.4 Å². The van der Waals surface area contributed by atoms with Gasteiger partial charge in [0.05, 0.1) is 4.90 Å². The highest BCUT2D eigenvalue weighted by Crippen LogP contribution is 2.15. The predicted molar refractivity (Wildman–Crippen MR) is 71.7 cm³/mol. The SMILES string of the molecule is Nc1ccc(S(=O)(=O)NN=C2CCCCC2)cc1. The van der Waals surface area contributed by atoms with E-state index in [0.29, 0.717) is 5.69 Å². The van der Waals surface area contributed by atoms with E-state index in [1.54, 1.807) is 12.1 Å². The Hall–Kier alpha value is -1.56. The van der Waals surface area contributed by atoms with Crippen LogP contribution in [0, 0.1) is 0 Å². The Kier molecular flexibility index (Phi) is 3.86. The molecular weight excluding hydrogens is 250 g/mol. The Morgan fingerprint density at radius 3 is 2.28 bits per heavy atom. The molecule has 1 aromatic carbocycles. The first kappa shape index (κ1) is 12.9. The van der Waals surface area contributed by atoms with Crippen LogP contribution in [-0.2, 0) is 10.0 Å². The Balaban J connectivity index is 2.09. The smallest absolute Gasteiger partial charge is 0.276 e. The number of nitrogens with one attached hydrogen (secondary N) is 1. The lowest BCUT2D eigenvalue weighted by molar-refractivity contribution is 0.583. The molecule has 0 unspecified atom stereocenters. The van der Waals surface area contributed by atoms with Gasteiger partial charge in [0.15, 0.2) is 0 Å². The van der Waals surface area contributed by atoms with Crippen LogP contribution in [0.5, 0.6) is 0 Å². The van der Waals surface area contributed by atoms with Gasteiger partial charge >= 0.3 is 0 Å². The molecule has 1 aliphatic carbocycles. The summed E-state index contributed by atoms with van der Waals surface area (Å²) >= 11 is 0. The molecule has 0 aromatic heterocycles. The number of rotatable bonds is 3. The van der Waals surface area contributed by atoms with Crippen LogP contribution in [-0.4, -0.2) is 14.1 Å². The van der Waals surface area contributed by atoms with Gasteiger partial charge in [-0.05, 0) is 49.9 Å². The molecule has 0 amide bonds. The van der Waals surface area contributed by atoms with Crippen molar-refractivity contribution in [3.8, 4) is 0 Å². The van der Waals surface area contributed by atoms with Crippen molar-refractivity contribution in [1.82, 2.24) is 4.83 Å². The average molecular weight is 267 g/mol. The molecule has 1 fully saturated rings. The Labute approximate surface area is 107 Å². The fourth-order valence-corrected chi connectivity index (χ4v) is 2.75. The lowest BCUT2D eigenvalue weighted by Crippen LogP contribution is -2.21. The predicted octanol–water partition coefficient (Wildman–Crippen LogP) is 1.87. The highest BCUT2D eigenvalue weighted by atomic mass is 32.2. The number of anilines is 1. The first-order valence-corrected chi connectivity index (χ1v) is 7.49. The topological polar surface area (TPSA) is 84.5 Å². The van der Waals surface area contributed by atoms with Crippen LogP contribution < -0.4 is 10.6 Å². The van der Waals surface area contributed by atoms with Crippen LogP contribution >= 0.6 is 0 Å². The minimum absolute atomic E-state index is 0.178. The number of hydrogen-bond acceptors (Lipinski definition) is 4. The highest BCUT2D eigenvalue weighted by Gasteiger charge is 2.13. The first-order valence-electron chi connectivity index (χ1n) is 6.01. The second kappa shape index (κ2) is 5.39. The molecule has 1 aromatic rings. The molecule has 0 saturated heterocycles. The van der Waals surface area contributed by atoms with Crippen molar-refractivity contribution in [2.75, 3.05) is 5.73 Å². The van der Waals surface area contributed by atoms with E-state index in [1.165, 1.54) is 18.6 Å². The van der Waals surface area contributed by atoms with Crippen molar-refractivity contribution in [1.29, 1.82) is 0 Å². The molecule has 0 aliphatic heterocycles. The molecule has 6 heteroatoms. The van der Waals surface area contributed by atoms with Crippen molar-refractivity contribution in [3.05, 3.63) is 24.3 Å². The van der Waals surface area contributed by atoms with E-state index in [2.05, 4.69) is 9.93 Å². The molecule has 1 saturated carbocycles. The third kappa shape index (κ3) is 3.22. The maximum Gasteiger partial charge on any atom is 0.276 e. The molecule has 0 heterocycles. The van der Waals surface area contributed by atoms with Gasteiger partial charge in [-0.2, -0.15) is 13.5 Å². The standard InChI is InChI=1S/C12H17N3O2S/c13-10-6-8-12(9-7-10)18(16,17)15-14-11-4-2-1-3-5-11/h6-9,15H,1-5,13H2. The van der Waals surface area contributed by atoms with E-state index in [9.17, 15) is 8.42 Å². The number of nitrogens with zero attached hydrogens (tertiary/aromatic N) is 1. The van der Waals surface area contributed by atoms with Gasteiger partial charge in [-0.25, -0.2) is 4.83 Å². The van der Waals surface area contributed by atoms with Gasteiger partial charge in [0.2, 0.25) is 0 Å². The molecule has 98 valence electrons. The average Bonchev–Trinajstić information content (AvgIpc) is 2.38. The van der Waals surface area contributed by atoms with Crippen molar-refractivity contribution in [2.45, 2.75) is 37.0 Å². The number of nitrogen functional groups attached to an aromatic ring is 1. The number of benzene rings is 1. The van der Waals surface area contributed by atoms with Gasteiger partial charge in [-0.3, -0.25) is 0 Å². The Morgan fingerprint density at radius 2 is 1.67 bits per heavy atom. The zero-order valence-electron chi connectivity index (χ0n) is 10.1. The molecule has 2 rings (SSSR count). The van der Waals surface area contributed by atoms with E-state index < -0.39 is 10.0 Å². The monoisotopic (exact) mass is 267 g/mol. The third-order valence-corrected chi connectivity index (χ3v) is 4.17. The zero-order chi connectivity index (χ0) is 13.0. The minimum atomic E-state index is -3.57. The van der Waals surface area contributed by atoms with Gasteiger partial charge in [-0.1, -0.05) is 6.42 Å². The molecular formula is C12H17N3O2S. The highest BCUT2D eigenvalue weighted by molar-refractivity contribution is 7.89. The van der Waals surface area contributed by atoms with Gasteiger partial charge in [0.25, 0.3) is 10.0 Å². The second-order valence-electron chi connectivity index (χ2n) is 4.40. The lowest BCUT2D eigenvalue weighted by Gasteiger charge is -2.12. The van der Waals surface area contributed by atoms with Crippen molar-refractivity contribution in [3.63, 3.8) is 0 Å². The maximum absolute atomic E-state index is 11.9. The molecule has 18 heavy (non-hydrogen) atoms. The molecule has 0 spiro atoms. The largest absolute Gasteiger partial charge is 0.399 e. The number of sulfonamides is 1. The Bertz CT molecular complexity index is 527. The van der Waals surface area contributed by atoms with Gasteiger partial charge in [-0.15, -0.1) is 0 Å². The molecule has 0 bridgehead atoms. The second-order valence-corrected chi connectivity index (χ2v) is 6.06. The molecule has 1 aliphatic rings.